The Hall–Kier alpha value is -2.65. The highest BCUT2D eigenvalue weighted by Gasteiger charge is 2.28. The maximum absolute atomic E-state index is 12.7. The van der Waals surface area contributed by atoms with Gasteiger partial charge < -0.3 is 32.3 Å². The Morgan fingerprint density at radius 2 is 1.59 bits per heavy atom. The topological polar surface area (TPSA) is 168 Å². The molecule has 0 radical (unpaired) electrons. The highest BCUT2D eigenvalue weighted by Crippen LogP contribution is 2.12. The Labute approximate surface area is 170 Å². The first-order valence-electron chi connectivity index (χ1n) is 9.72. The van der Waals surface area contributed by atoms with Gasteiger partial charge in [0.15, 0.2) is 0 Å². The van der Waals surface area contributed by atoms with Gasteiger partial charge in [0.2, 0.25) is 11.8 Å². The van der Waals surface area contributed by atoms with Crippen LogP contribution in [0.1, 0.15) is 38.7 Å². The number of carbonyl (C=O) groups excluding carboxylic acids is 2. The Morgan fingerprint density at radius 3 is 2.10 bits per heavy atom. The lowest BCUT2D eigenvalue weighted by Crippen LogP contribution is -2.55. The van der Waals surface area contributed by atoms with Crippen LogP contribution in [0.5, 0.6) is 5.75 Å². The molecular formula is C20H32N4O5. The van der Waals surface area contributed by atoms with Crippen LogP contribution in [0.3, 0.4) is 0 Å². The average Bonchev–Trinajstić information content (AvgIpc) is 2.67. The summed E-state index contributed by atoms with van der Waals surface area (Å²) in [4.78, 5) is 36.6. The fourth-order valence-corrected chi connectivity index (χ4v) is 2.67. The minimum absolute atomic E-state index is 0.0380. The molecular weight excluding hydrogens is 376 g/mol. The van der Waals surface area contributed by atoms with Crippen LogP contribution in [0.2, 0.25) is 0 Å². The molecule has 0 fully saturated rings. The van der Waals surface area contributed by atoms with Crippen LogP contribution >= 0.6 is 0 Å². The van der Waals surface area contributed by atoms with Crippen molar-refractivity contribution in [2.24, 2.45) is 17.4 Å². The first-order valence-corrected chi connectivity index (χ1v) is 9.72. The van der Waals surface area contributed by atoms with Crippen molar-refractivity contribution in [2.45, 2.75) is 57.7 Å². The average molecular weight is 408 g/mol. The van der Waals surface area contributed by atoms with Crippen molar-refractivity contribution in [2.75, 3.05) is 6.54 Å². The van der Waals surface area contributed by atoms with E-state index in [1.54, 1.807) is 26.0 Å². The third kappa shape index (κ3) is 8.49. The molecule has 29 heavy (non-hydrogen) atoms. The first kappa shape index (κ1) is 24.4. The summed E-state index contributed by atoms with van der Waals surface area (Å²) in [5, 5.41) is 24.0. The van der Waals surface area contributed by atoms with E-state index in [2.05, 4.69) is 10.6 Å². The van der Waals surface area contributed by atoms with Gasteiger partial charge in [-0.1, -0.05) is 26.0 Å². The van der Waals surface area contributed by atoms with Crippen LogP contribution < -0.4 is 22.1 Å². The Kier molecular flexibility index (Phi) is 10.1. The van der Waals surface area contributed by atoms with Crippen LogP contribution in [0.15, 0.2) is 24.3 Å². The molecule has 2 amide bonds. The van der Waals surface area contributed by atoms with Crippen LogP contribution in [-0.4, -0.2) is 52.7 Å². The summed E-state index contributed by atoms with van der Waals surface area (Å²) in [5.74, 6) is -2.29. The van der Waals surface area contributed by atoms with Gasteiger partial charge in [-0.05, 0) is 49.4 Å². The molecule has 162 valence electrons. The quantitative estimate of drug-likeness (QED) is 0.267. The van der Waals surface area contributed by atoms with E-state index in [-0.39, 0.29) is 18.1 Å². The number of hydrogen-bond acceptors (Lipinski definition) is 6. The van der Waals surface area contributed by atoms with E-state index in [0.717, 1.165) is 0 Å². The third-order valence-electron chi connectivity index (χ3n) is 4.59. The normalized spacial score (nSPS) is 14.1. The van der Waals surface area contributed by atoms with Crippen molar-refractivity contribution in [3.63, 3.8) is 0 Å². The molecule has 3 atom stereocenters. The summed E-state index contributed by atoms with van der Waals surface area (Å²) in [6.45, 7) is 4.05. The predicted octanol–water partition coefficient (Wildman–Crippen LogP) is 0.101. The van der Waals surface area contributed by atoms with Crippen molar-refractivity contribution < 1.29 is 24.6 Å². The number of aromatic hydroxyl groups is 1. The smallest absolute Gasteiger partial charge is 0.326 e. The second-order valence-corrected chi connectivity index (χ2v) is 7.39. The van der Waals surface area contributed by atoms with Crippen LogP contribution in [0.4, 0.5) is 0 Å². The number of aliphatic carboxylic acids is 1. The van der Waals surface area contributed by atoms with Crippen molar-refractivity contribution in [3.8, 4) is 5.75 Å². The molecule has 0 aromatic heterocycles. The number of phenols is 1. The maximum atomic E-state index is 12.7. The van der Waals surface area contributed by atoms with Gasteiger partial charge in [0.1, 0.15) is 17.8 Å². The first-order chi connectivity index (χ1) is 13.6. The third-order valence-corrected chi connectivity index (χ3v) is 4.59. The van der Waals surface area contributed by atoms with Gasteiger partial charge in [-0.3, -0.25) is 9.59 Å². The molecule has 0 aliphatic rings. The molecule has 1 aromatic carbocycles. The lowest BCUT2D eigenvalue weighted by Gasteiger charge is -2.24. The molecule has 1 rings (SSSR count). The van der Waals surface area contributed by atoms with Gasteiger partial charge in [-0.2, -0.15) is 0 Å². The second kappa shape index (κ2) is 12.0. The van der Waals surface area contributed by atoms with E-state index in [9.17, 15) is 24.6 Å². The standard InChI is InChI=1S/C20H32N4O5/c1-12(2)17(22)19(27)23-15(5-3-4-10-21)18(26)24-16(20(28)29)11-13-6-8-14(25)9-7-13/h6-9,12,15-17,25H,3-5,10-11,21-22H2,1-2H3,(H,23,27)(H,24,26)(H,28,29). The second-order valence-electron chi connectivity index (χ2n) is 7.39. The maximum Gasteiger partial charge on any atom is 0.326 e. The number of nitrogens with one attached hydrogen (secondary N) is 2. The number of carbonyl (C=O) groups is 3. The number of rotatable bonds is 12. The van der Waals surface area contributed by atoms with Crippen LogP contribution in [0, 0.1) is 5.92 Å². The van der Waals surface area contributed by atoms with E-state index in [0.29, 0.717) is 31.4 Å². The minimum Gasteiger partial charge on any atom is -0.508 e. The molecule has 9 nitrogen and oxygen atoms in total. The molecule has 0 aliphatic carbocycles. The number of nitrogens with two attached hydrogens (primary N) is 2. The van der Waals surface area contributed by atoms with Gasteiger partial charge >= 0.3 is 5.97 Å². The summed E-state index contributed by atoms with van der Waals surface area (Å²) in [5.41, 5.74) is 12.0. The lowest BCUT2D eigenvalue weighted by molar-refractivity contribution is -0.142. The Balaban J connectivity index is 2.86. The number of amides is 2. The highest BCUT2D eigenvalue weighted by atomic mass is 16.4. The van der Waals surface area contributed by atoms with Crippen molar-refractivity contribution >= 4 is 17.8 Å². The van der Waals surface area contributed by atoms with Gasteiger partial charge in [-0.25, -0.2) is 4.79 Å². The predicted molar refractivity (Wildman–Crippen MR) is 109 cm³/mol. The zero-order valence-corrected chi connectivity index (χ0v) is 16.9. The van der Waals surface area contributed by atoms with Gasteiger partial charge in [-0.15, -0.1) is 0 Å². The molecule has 9 heteroatoms. The lowest BCUT2D eigenvalue weighted by atomic mass is 10.0. The fourth-order valence-electron chi connectivity index (χ4n) is 2.67. The van der Waals surface area contributed by atoms with E-state index in [4.69, 9.17) is 11.5 Å². The molecule has 0 spiro atoms. The monoisotopic (exact) mass is 408 g/mol. The molecule has 0 heterocycles. The molecule has 3 unspecified atom stereocenters. The van der Waals surface area contributed by atoms with E-state index < -0.39 is 35.9 Å². The zero-order valence-electron chi connectivity index (χ0n) is 16.9. The van der Waals surface area contributed by atoms with Gasteiger partial charge in [0.25, 0.3) is 0 Å². The van der Waals surface area contributed by atoms with Crippen LogP contribution in [0.25, 0.3) is 0 Å². The summed E-state index contributed by atoms with van der Waals surface area (Å²) in [7, 11) is 0. The van der Waals surface area contributed by atoms with E-state index in [1.165, 1.54) is 12.1 Å². The SMILES string of the molecule is CC(C)C(N)C(=O)NC(CCCCN)C(=O)NC(Cc1ccc(O)cc1)C(=O)O. The van der Waals surface area contributed by atoms with Crippen LogP contribution in [-0.2, 0) is 20.8 Å². The molecule has 0 bridgehead atoms. The summed E-state index contributed by atoms with van der Waals surface area (Å²) in [6.07, 6.45) is 1.63. The number of carboxylic acids is 1. The summed E-state index contributed by atoms with van der Waals surface area (Å²) in [6, 6.07) is 3.20. The summed E-state index contributed by atoms with van der Waals surface area (Å²) < 4.78 is 0. The molecule has 8 N–H and O–H groups in total. The molecule has 0 saturated heterocycles. The zero-order chi connectivity index (χ0) is 22.0. The molecule has 0 aliphatic heterocycles. The number of carboxylic acid groups (broad SMARTS) is 1. The van der Waals surface area contributed by atoms with Crippen molar-refractivity contribution in [3.05, 3.63) is 29.8 Å². The Morgan fingerprint density at radius 1 is 1.00 bits per heavy atom. The number of unbranched alkanes of at least 4 members (excludes halogenated alkanes) is 1. The van der Waals surface area contributed by atoms with Crippen molar-refractivity contribution in [1.29, 1.82) is 0 Å². The highest BCUT2D eigenvalue weighted by molar-refractivity contribution is 5.91. The number of phenolic OH excluding ortho intramolecular Hbond substituents is 1. The number of hydrogen-bond donors (Lipinski definition) is 6. The molecule has 0 saturated carbocycles. The van der Waals surface area contributed by atoms with E-state index >= 15 is 0 Å². The summed E-state index contributed by atoms with van der Waals surface area (Å²) >= 11 is 0. The molecule has 1 aromatic rings. The van der Waals surface area contributed by atoms with E-state index in [1.807, 2.05) is 0 Å². The number of benzene rings is 1. The Bertz CT molecular complexity index is 678. The van der Waals surface area contributed by atoms with Gasteiger partial charge in [0, 0.05) is 6.42 Å². The van der Waals surface area contributed by atoms with Crippen molar-refractivity contribution in [1.82, 2.24) is 10.6 Å². The fraction of sp³-hybridized carbons (Fsp3) is 0.550. The minimum atomic E-state index is -1.20. The largest absolute Gasteiger partial charge is 0.508 e. The van der Waals surface area contributed by atoms with Gasteiger partial charge in [0.05, 0.1) is 6.04 Å².